The first kappa shape index (κ1) is 22.2. The van der Waals surface area contributed by atoms with E-state index in [1.807, 2.05) is 0 Å². The van der Waals surface area contributed by atoms with Gasteiger partial charge in [-0.3, -0.25) is 9.78 Å². The number of nitrogens with zero attached hydrogens (tertiary/aromatic N) is 4. The summed E-state index contributed by atoms with van der Waals surface area (Å²) in [6, 6.07) is 8.06. The van der Waals surface area contributed by atoms with Crippen molar-refractivity contribution in [3.63, 3.8) is 0 Å². The molecule has 2 bridgehead atoms. The minimum Gasteiger partial charge on any atom is -0.365 e. The molecule has 3 aromatic rings. The fraction of sp³-hybridized carbons (Fsp3) is 0.333. The highest BCUT2D eigenvalue weighted by molar-refractivity contribution is 5.99. The number of nitrogens with one attached hydrogen (secondary N) is 1. The Morgan fingerprint density at radius 3 is 2.62 bits per heavy atom. The van der Waals surface area contributed by atoms with Gasteiger partial charge in [0.1, 0.15) is 23.0 Å². The van der Waals surface area contributed by atoms with E-state index in [1.165, 1.54) is 24.4 Å². The molecule has 0 radical (unpaired) electrons. The molecule has 0 aromatic carbocycles. The van der Waals surface area contributed by atoms with E-state index in [4.69, 9.17) is 0 Å². The van der Waals surface area contributed by atoms with Gasteiger partial charge in [-0.25, -0.2) is 14.4 Å². The van der Waals surface area contributed by atoms with Gasteiger partial charge in [0.15, 0.2) is 0 Å². The number of fused-ring (bicyclic) bond motifs is 2. The average Bonchev–Trinajstić information content (AvgIpc) is 3.40. The van der Waals surface area contributed by atoms with Gasteiger partial charge in [-0.15, -0.1) is 0 Å². The minimum atomic E-state index is -4.45. The summed E-state index contributed by atoms with van der Waals surface area (Å²) in [5.41, 5.74) is 0.326. The highest BCUT2D eigenvalue weighted by Crippen LogP contribution is 2.40. The van der Waals surface area contributed by atoms with E-state index in [2.05, 4.69) is 20.3 Å². The number of piperidine rings is 1. The molecule has 0 spiro atoms. The number of rotatable bonds is 4. The van der Waals surface area contributed by atoms with Gasteiger partial charge in [0.25, 0.3) is 5.91 Å². The van der Waals surface area contributed by atoms with Crippen LogP contribution in [0.4, 0.5) is 23.4 Å². The summed E-state index contributed by atoms with van der Waals surface area (Å²) in [6.07, 6.45) is -0.653. The lowest BCUT2D eigenvalue weighted by atomic mass is 10.0. The number of aryl methyl sites for hydroxylation is 1. The largest absolute Gasteiger partial charge is 0.417 e. The number of hydrogen-bond donors (Lipinski definition) is 1. The molecular weight excluding hydrogens is 450 g/mol. The van der Waals surface area contributed by atoms with Crippen molar-refractivity contribution in [3.8, 4) is 11.3 Å². The van der Waals surface area contributed by atoms with Crippen molar-refractivity contribution >= 4 is 11.7 Å². The fourth-order valence-electron chi connectivity index (χ4n) is 4.88. The number of carbonyl (C=O) groups is 1. The minimum absolute atomic E-state index is 0.0614. The van der Waals surface area contributed by atoms with Crippen LogP contribution in [0.3, 0.4) is 0 Å². The number of likely N-dealkylation sites (tertiary alicyclic amines) is 1. The Labute approximate surface area is 193 Å². The summed E-state index contributed by atoms with van der Waals surface area (Å²) in [4.78, 5) is 27.7. The summed E-state index contributed by atoms with van der Waals surface area (Å²) < 4.78 is 52.9. The lowest BCUT2D eigenvalue weighted by molar-refractivity contribution is -0.137. The molecule has 1 aliphatic heterocycles. The maximum atomic E-state index is 14.5. The predicted molar refractivity (Wildman–Crippen MR) is 116 cm³/mol. The molecule has 1 N–H and O–H groups in total. The molecule has 1 aliphatic carbocycles. The number of alkyl halides is 3. The zero-order valence-electron chi connectivity index (χ0n) is 18.2. The zero-order valence-corrected chi connectivity index (χ0v) is 18.2. The molecule has 10 heteroatoms. The van der Waals surface area contributed by atoms with Gasteiger partial charge in [0.05, 0.1) is 11.6 Å². The van der Waals surface area contributed by atoms with Crippen LogP contribution in [0.5, 0.6) is 0 Å². The van der Waals surface area contributed by atoms with E-state index in [-0.39, 0.29) is 35.3 Å². The van der Waals surface area contributed by atoms with Crippen LogP contribution in [0.25, 0.3) is 11.3 Å². The van der Waals surface area contributed by atoms with Crippen molar-refractivity contribution in [2.75, 3.05) is 11.9 Å². The highest BCUT2D eigenvalue weighted by Gasteiger charge is 2.47. The van der Waals surface area contributed by atoms with Gasteiger partial charge in [-0.05, 0) is 62.1 Å². The van der Waals surface area contributed by atoms with E-state index in [9.17, 15) is 22.4 Å². The first-order valence-electron chi connectivity index (χ1n) is 10.9. The van der Waals surface area contributed by atoms with E-state index >= 15 is 0 Å². The van der Waals surface area contributed by atoms with Crippen LogP contribution in [0.15, 0.2) is 48.8 Å². The Kier molecular flexibility index (Phi) is 5.45. The monoisotopic (exact) mass is 471 g/mol. The quantitative estimate of drug-likeness (QED) is 0.558. The molecule has 3 atom stereocenters. The number of carbonyl (C=O) groups excluding carboxylic acids is 1. The van der Waals surface area contributed by atoms with Crippen molar-refractivity contribution in [2.24, 2.45) is 5.92 Å². The van der Waals surface area contributed by atoms with Crippen LogP contribution in [0, 0.1) is 18.7 Å². The predicted octanol–water partition coefficient (Wildman–Crippen LogP) is 4.72. The van der Waals surface area contributed by atoms with Crippen LogP contribution in [-0.2, 0) is 6.18 Å². The van der Waals surface area contributed by atoms with Crippen molar-refractivity contribution in [1.82, 2.24) is 19.9 Å². The number of aromatic nitrogens is 3. The number of hydrogen-bond acceptors (Lipinski definition) is 5. The highest BCUT2D eigenvalue weighted by atomic mass is 19.4. The average molecular weight is 471 g/mol. The van der Waals surface area contributed by atoms with Crippen molar-refractivity contribution in [3.05, 3.63) is 71.6 Å². The van der Waals surface area contributed by atoms with E-state index in [0.717, 1.165) is 25.1 Å². The Morgan fingerprint density at radius 1 is 1.12 bits per heavy atom. The molecule has 3 unspecified atom stereocenters. The van der Waals surface area contributed by atoms with Gasteiger partial charge in [-0.2, -0.15) is 13.2 Å². The van der Waals surface area contributed by atoms with Crippen LogP contribution in [0.1, 0.15) is 34.6 Å². The topological polar surface area (TPSA) is 71.0 Å². The Balaban J connectivity index is 1.39. The third-order valence-electron chi connectivity index (χ3n) is 6.42. The summed E-state index contributed by atoms with van der Waals surface area (Å²) in [6.45, 7) is 2.30. The first-order chi connectivity index (χ1) is 16.2. The lowest BCUT2D eigenvalue weighted by Gasteiger charge is -2.34. The Hall–Kier alpha value is -3.56. The van der Waals surface area contributed by atoms with Gasteiger partial charge < -0.3 is 10.2 Å². The molecule has 3 aromatic heterocycles. The second-order valence-corrected chi connectivity index (χ2v) is 8.73. The molecule has 2 fully saturated rings. The summed E-state index contributed by atoms with van der Waals surface area (Å²) in [5.74, 6) is -0.287. The van der Waals surface area contributed by atoms with E-state index in [1.54, 1.807) is 24.0 Å². The van der Waals surface area contributed by atoms with E-state index in [0.29, 0.717) is 23.6 Å². The molecule has 2 aliphatic rings. The molecule has 1 amide bonds. The molecule has 5 rings (SSSR count). The van der Waals surface area contributed by atoms with Crippen LogP contribution in [-0.4, -0.2) is 44.4 Å². The van der Waals surface area contributed by atoms with Crippen molar-refractivity contribution < 1.29 is 22.4 Å². The molecule has 1 saturated carbocycles. The number of amides is 1. The van der Waals surface area contributed by atoms with Crippen LogP contribution < -0.4 is 5.32 Å². The third-order valence-corrected chi connectivity index (χ3v) is 6.42. The van der Waals surface area contributed by atoms with Crippen LogP contribution in [0.2, 0.25) is 0 Å². The number of halogens is 4. The Morgan fingerprint density at radius 2 is 1.94 bits per heavy atom. The molecule has 176 valence electrons. The van der Waals surface area contributed by atoms with Crippen molar-refractivity contribution in [1.29, 1.82) is 0 Å². The zero-order chi connectivity index (χ0) is 24.0. The maximum Gasteiger partial charge on any atom is 0.417 e. The van der Waals surface area contributed by atoms with Gasteiger partial charge in [0.2, 0.25) is 0 Å². The summed E-state index contributed by atoms with van der Waals surface area (Å²) in [7, 11) is 0. The Bertz CT molecular complexity index is 1230. The van der Waals surface area contributed by atoms with Crippen molar-refractivity contribution in [2.45, 2.75) is 38.0 Å². The molecule has 1 saturated heterocycles. The number of anilines is 1. The SMILES string of the molecule is Cc1ccc(-c2ncccc2F)c(C(=O)N2CC3CC(Nc4ccc(C(F)(F)F)cn4)C2C3)n1. The first-order valence-corrected chi connectivity index (χ1v) is 10.9. The summed E-state index contributed by atoms with van der Waals surface area (Å²) >= 11 is 0. The molecular formula is C24H21F4N5O. The second-order valence-electron chi connectivity index (χ2n) is 8.73. The second kappa shape index (κ2) is 8.34. The molecule has 6 nitrogen and oxygen atoms in total. The normalized spacial score (nSPS) is 21.7. The van der Waals surface area contributed by atoms with Crippen LogP contribution >= 0.6 is 0 Å². The van der Waals surface area contributed by atoms with E-state index < -0.39 is 17.6 Å². The number of pyridine rings is 3. The molecule has 34 heavy (non-hydrogen) atoms. The summed E-state index contributed by atoms with van der Waals surface area (Å²) in [5, 5.41) is 3.19. The van der Waals surface area contributed by atoms with Gasteiger partial charge in [0, 0.05) is 36.2 Å². The lowest BCUT2D eigenvalue weighted by Crippen LogP contribution is -2.48. The van der Waals surface area contributed by atoms with Gasteiger partial charge in [-0.1, -0.05) is 0 Å². The smallest absolute Gasteiger partial charge is 0.365 e. The standard InChI is InChI=1S/C24H21F4N5O/c1-13-4-6-16(21-17(25)3-2-8-29-21)22(31-13)23(34)33-12-14-9-18(19(33)10-14)32-20-7-5-15(11-30-20)24(26,27)28/h2-8,11,14,18-19H,9-10,12H2,1H3,(H,30,32). The fourth-order valence-corrected chi connectivity index (χ4v) is 4.88. The van der Waals surface area contributed by atoms with Gasteiger partial charge >= 0.3 is 6.18 Å². The third kappa shape index (κ3) is 4.08. The molecule has 4 heterocycles. The maximum absolute atomic E-state index is 14.5.